The van der Waals surface area contributed by atoms with Gasteiger partial charge in [0, 0.05) is 25.7 Å². The number of phosphoric acid groups is 2. The molecule has 0 rings (SSSR count). The second-order valence-corrected chi connectivity index (χ2v) is 28.4. The molecule has 0 bridgehead atoms. The molecule has 0 heterocycles. The molecule has 0 aliphatic heterocycles. The van der Waals surface area contributed by atoms with E-state index in [0.717, 1.165) is 180 Å². The molecule has 0 fully saturated rings. The van der Waals surface area contributed by atoms with E-state index in [9.17, 15) is 43.2 Å². The molecule has 3 N–H and O–H groups in total. The van der Waals surface area contributed by atoms with Crippen LogP contribution >= 0.6 is 15.6 Å². The van der Waals surface area contributed by atoms with E-state index in [1.165, 1.54) is 0 Å². The van der Waals surface area contributed by atoms with Gasteiger partial charge < -0.3 is 33.8 Å². The van der Waals surface area contributed by atoms with E-state index in [1.807, 2.05) is 24.3 Å². The van der Waals surface area contributed by atoms with Crippen LogP contribution in [0.1, 0.15) is 272 Å². The maximum absolute atomic E-state index is 13.1. The summed E-state index contributed by atoms with van der Waals surface area (Å²) in [7, 11) is -10.0. The Morgan fingerprint density at radius 1 is 0.274 bits per heavy atom. The van der Waals surface area contributed by atoms with Crippen molar-refractivity contribution < 1.29 is 80.2 Å². The Bertz CT molecular complexity index is 2780. The summed E-state index contributed by atoms with van der Waals surface area (Å²) >= 11 is 0. The van der Waals surface area contributed by atoms with Crippen LogP contribution in [0.5, 0.6) is 0 Å². The van der Waals surface area contributed by atoms with E-state index in [-0.39, 0.29) is 25.7 Å². The van der Waals surface area contributed by atoms with Gasteiger partial charge in [0.2, 0.25) is 0 Å². The Morgan fingerprint density at radius 2 is 0.500 bits per heavy atom. The first-order valence-corrected chi connectivity index (χ1v) is 42.7. The van der Waals surface area contributed by atoms with Gasteiger partial charge in [-0.1, -0.05) is 273 Å². The maximum Gasteiger partial charge on any atom is 0.472 e. The first kappa shape index (κ1) is 99.9. The fourth-order valence-corrected chi connectivity index (χ4v) is 11.2. The van der Waals surface area contributed by atoms with E-state index in [4.69, 9.17) is 37.0 Å². The van der Waals surface area contributed by atoms with E-state index >= 15 is 0 Å². The lowest BCUT2D eigenvalue weighted by atomic mass is 10.1. The van der Waals surface area contributed by atoms with Crippen LogP contribution in [-0.2, 0) is 65.4 Å². The lowest BCUT2D eigenvalue weighted by Gasteiger charge is -2.21. The molecule has 0 spiro atoms. The second-order valence-electron chi connectivity index (χ2n) is 25.5. The largest absolute Gasteiger partial charge is 0.472 e. The number of carbonyl (C=O) groups is 4. The van der Waals surface area contributed by atoms with Crippen molar-refractivity contribution in [3.8, 4) is 0 Å². The molecule has 0 amide bonds. The average molecular weight is 1520 g/mol. The van der Waals surface area contributed by atoms with Crippen molar-refractivity contribution in [1.82, 2.24) is 0 Å². The summed E-state index contributed by atoms with van der Waals surface area (Å²) in [5, 5.41) is 10.6. The highest BCUT2D eigenvalue weighted by Gasteiger charge is 2.30. The van der Waals surface area contributed by atoms with Gasteiger partial charge in [-0.05, 0) is 167 Å². The zero-order chi connectivity index (χ0) is 77.4. The molecule has 598 valence electrons. The quantitative estimate of drug-likeness (QED) is 0.0169. The number of carbonyl (C=O) groups excluding carboxylic acids is 4. The minimum Gasteiger partial charge on any atom is -0.462 e. The fraction of sp³-hybridized carbons (Fsp3) is 0.586. The Labute approximate surface area is 640 Å². The highest BCUT2D eigenvalue weighted by molar-refractivity contribution is 7.47. The molecule has 5 atom stereocenters. The Morgan fingerprint density at radius 3 is 0.802 bits per heavy atom. The molecular weight excluding hydrogens is 1380 g/mol. The number of hydrogen-bond donors (Lipinski definition) is 3. The Hall–Kier alpha value is -6.10. The minimum atomic E-state index is -5.01. The number of aliphatic hydroxyl groups is 1. The van der Waals surface area contributed by atoms with Crippen molar-refractivity contribution in [2.75, 3.05) is 39.6 Å². The molecule has 106 heavy (non-hydrogen) atoms. The van der Waals surface area contributed by atoms with Gasteiger partial charge in [-0.2, -0.15) is 0 Å². The SMILES string of the molecule is CC/C=C\C/C=C\C/C=C\C/C=C\C/C=C\CCCC(=O)OCC(COP(=O)(O)OCC(O)COP(=O)(O)OCC(COC(=O)CCCCCCCC/C=C\C/C=C\C/C=C\C/C=C\CC)OC(=O)CCC/C=C\C/C=C\C/C=C\C/C=C\C/C=C\CC)OC(=O)CCCCCCC/C=C\C/C=C\CCC. The zero-order valence-electron chi connectivity index (χ0n) is 65.3. The van der Waals surface area contributed by atoms with Gasteiger partial charge in [0.25, 0.3) is 0 Å². The van der Waals surface area contributed by atoms with Crippen molar-refractivity contribution in [2.45, 2.75) is 290 Å². The van der Waals surface area contributed by atoms with Crippen LogP contribution in [-0.4, -0.2) is 96.7 Å². The third-order valence-corrected chi connectivity index (χ3v) is 17.4. The molecular formula is C87H138O17P2. The standard InChI is InChI=1S/C87H138O17P2/c1-5-9-13-17-21-25-29-33-36-39-40-43-45-49-52-56-60-64-68-72-85(90)98-78-83(104-87(92)74-70-66-62-58-54-50-46-42-38-35-31-27-23-19-15-11-7-3)80-102-106(95,96)100-76-81(88)75-99-105(93,94)101-79-82(103-86(91)73-69-65-61-57-53-47-32-28-24-20-16-12-8-4)77-97-84(89)71-67-63-59-55-51-48-44-41-37-34-30-26-22-18-14-10-6-2/h9-11,13-16,20-23,25-28,32-38,40,43-44,46,48,50,55,58-59,62,81-83,88H,5-8,12,17-19,24,29-31,39,41-42,45,47,49,51-54,56-57,60-61,63-80H2,1-4H3,(H,93,94)(H,95,96)/b13-9-,14-10-,15-11-,20-16-,25-21-,26-22-,27-23-,32-28-,36-33-,37-34-,38-35-,43-40-,48-44-,50-46-,59-55-,62-58-. The number of esters is 4. The molecule has 0 aliphatic carbocycles. The van der Waals surface area contributed by atoms with Gasteiger partial charge in [0.05, 0.1) is 26.4 Å². The van der Waals surface area contributed by atoms with Crippen LogP contribution in [0.2, 0.25) is 0 Å². The van der Waals surface area contributed by atoms with Gasteiger partial charge >= 0.3 is 39.5 Å². The van der Waals surface area contributed by atoms with Crippen molar-refractivity contribution >= 4 is 39.5 Å². The summed E-state index contributed by atoms with van der Waals surface area (Å²) in [6, 6.07) is 0. The number of ether oxygens (including phenoxy) is 4. The summed E-state index contributed by atoms with van der Waals surface area (Å²) in [6.07, 6.45) is 94.3. The molecule has 0 aromatic carbocycles. The Balaban J connectivity index is 5.50. The number of allylic oxidation sites excluding steroid dienone is 32. The van der Waals surface area contributed by atoms with Crippen LogP contribution < -0.4 is 0 Å². The van der Waals surface area contributed by atoms with Gasteiger partial charge in [-0.15, -0.1) is 0 Å². The normalized spacial score (nSPS) is 14.9. The van der Waals surface area contributed by atoms with Crippen molar-refractivity contribution in [1.29, 1.82) is 0 Å². The molecule has 0 aromatic rings. The van der Waals surface area contributed by atoms with Crippen molar-refractivity contribution in [3.05, 3.63) is 194 Å². The van der Waals surface area contributed by atoms with Crippen LogP contribution in [0.25, 0.3) is 0 Å². The Kier molecular flexibility index (Phi) is 72.6. The molecule has 17 nitrogen and oxygen atoms in total. The van der Waals surface area contributed by atoms with E-state index < -0.39 is 97.5 Å². The lowest BCUT2D eigenvalue weighted by Crippen LogP contribution is -2.30. The highest BCUT2D eigenvalue weighted by atomic mass is 31.2. The number of phosphoric ester groups is 2. The third-order valence-electron chi connectivity index (χ3n) is 15.5. The summed E-state index contributed by atoms with van der Waals surface area (Å²) in [4.78, 5) is 73.0. The van der Waals surface area contributed by atoms with Crippen molar-refractivity contribution in [3.63, 3.8) is 0 Å². The summed E-state index contributed by atoms with van der Waals surface area (Å²) in [6.45, 7) is 4.27. The zero-order valence-corrected chi connectivity index (χ0v) is 67.1. The molecule has 0 saturated carbocycles. The van der Waals surface area contributed by atoms with Crippen LogP contribution in [0, 0.1) is 0 Å². The predicted octanol–water partition coefficient (Wildman–Crippen LogP) is 23.3. The van der Waals surface area contributed by atoms with Gasteiger partial charge in [-0.3, -0.25) is 37.3 Å². The summed E-state index contributed by atoms with van der Waals surface area (Å²) in [5.74, 6) is -2.36. The van der Waals surface area contributed by atoms with E-state index in [2.05, 4.69) is 198 Å². The molecule has 0 radical (unpaired) electrons. The van der Waals surface area contributed by atoms with Crippen LogP contribution in [0.15, 0.2) is 194 Å². The smallest absolute Gasteiger partial charge is 0.462 e. The highest BCUT2D eigenvalue weighted by Crippen LogP contribution is 2.45. The maximum atomic E-state index is 13.1. The predicted molar refractivity (Wildman–Crippen MR) is 436 cm³/mol. The number of aliphatic hydroxyl groups excluding tert-OH is 1. The van der Waals surface area contributed by atoms with Gasteiger partial charge in [0.1, 0.15) is 19.3 Å². The second kappa shape index (κ2) is 77.1. The number of hydrogen-bond acceptors (Lipinski definition) is 15. The van der Waals surface area contributed by atoms with Gasteiger partial charge in [-0.25, -0.2) is 9.13 Å². The molecule has 5 unspecified atom stereocenters. The topological polar surface area (TPSA) is 237 Å². The first-order chi connectivity index (χ1) is 51.7. The fourth-order valence-electron chi connectivity index (χ4n) is 9.61. The molecule has 0 saturated heterocycles. The van der Waals surface area contributed by atoms with Crippen LogP contribution in [0.3, 0.4) is 0 Å². The van der Waals surface area contributed by atoms with Crippen LogP contribution in [0.4, 0.5) is 0 Å². The summed E-state index contributed by atoms with van der Waals surface area (Å²) < 4.78 is 68.5. The lowest BCUT2D eigenvalue weighted by molar-refractivity contribution is -0.161. The number of rotatable bonds is 72. The minimum absolute atomic E-state index is 0.00375. The molecule has 19 heteroatoms. The van der Waals surface area contributed by atoms with E-state index in [0.29, 0.717) is 38.5 Å². The molecule has 0 aliphatic rings. The third kappa shape index (κ3) is 76.1. The van der Waals surface area contributed by atoms with Gasteiger partial charge in [0.15, 0.2) is 12.2 Å². The molecule has 0 aromatic heterocycles. The number of unbranched alkanes of at least 4 members (excludes halogenated alkanes) is 14. The first-order valence-electron chi connectivity index (χ1n) is 39.7. The van der Waals surface area contributed by atoms with E-state index in [1.54, 1.807) is 0 Å². The van der Waals surface area contributed by atoms with Crippen molar-refractivity contribution in [2.24, 2.45) is 0 Å². The average Bonchev–Trinajstić information content (AvgIpc) is 0.937. The summed E-state index contributed by atoms with van der Waals surface area (Å²) in [5.41, 5.74) is 0. The monoisotopic (exact) mass is 1520 g/mol.